The molecule has 142 valence electrons. The fraction of sp³-hybridized carbons (Fsp3) is 0.300. The van der Waals surface area contributed by atoms with E-state index >= 15 is 0 Å². The summed E-state index contributed by atoms with van der Waals surface area (Å²) in [5.74, 6) is 0.520. The van der Waals surface area contributed by atoms with Gasteiger partial charge in [0.2, 0.25) is 0 Å². The monoisotopic (exact) mass is 387 g/mol. The van der Waals surface area contributed by atoms with E-state index in [1.165, 1.54) is 0 Å². The standard InChI is InChI=1S/C20H22ClN3O3/c21-18-7-3-1-6-17(18)15-27-19-8-4-2-5-16(19)13-22-23-20(25)14-24-9-11-26-12-10-24/h1-8,13H,9-12,14-15H2,(H,23,25)/b22-13+. The third kappa shape index (κ3) is 6.06. The van der Waals surface area contributed by atoms with Crippen molar-refractivity contribution in [3.8, 4) is 5.75 Å². The van der Waals surface area contributed by atoms with Gasteiger partial charge >= 0.3 is 0 Å². The molecule has 1 amide bonds. The summed E-state index contributed by atoms with van der Waals surface area (Å²) in [4.78, 5) is 14.0. The van der Waals surface area contributed by atoms with Crippen molar-refractivity contribution in [2.24, 2.45) is 5.10 Å². The van der Waals surface area contributed by atoms with Crippen LogP contribution in [-0.2, 0) is 16.1 Å². The van der Waals surface area contributed by atoms with Crippen LogP contribution in [0.5, 0.6) is 5.75 Å². The zero-order chi connectivity index (χ0) is 18.9. The van der Waals surface area contributed by atoms with Crippen LogP contribution in [0.15, 0.2) is 53.6 Å². The highest BCUT2D eigenvalue weighted by atomic mass is 35.5. The first-order valence-electron chi connectivity index (χ1n) is 8.79. The number of hydrogen-bond acceptors (Lipinski definition) is 5. The van der Waals surface area contributed by atoms with Crippen molar-refractivity contribution in [2.75, 3.05) is 32.8 Å². The zero-order valence-electron chi connectivity index (χ0n) is 14.9. The minimum atomic E-state index is -0.150. The fourth-order valence-corrected chi connectivity index (χ4v) is 2.85. The summed E-state index contributed by atoms with van der Waals surface area (Å²) < 4.78 is 11.1. The Morgan fingerprint density at radius 2 is 1.93 bits per heavy atom. The molecule has 7 heteroatoms. The molecule has 1 heterocycles. The van der Waals surface area contributed by atoms with Crippen LogP contribution in [0.25, 0.3) is 0 Å². The Morgan fingerprint density at radius 1 is 1.19 bits per heavy atom. The fourth-order valence-electron chi connectivity index (χ4n) is 2.66. The SMILES string of the molecule is O=C(CN1CCOCC1)N/N=C/c1ccccc1OCc1ccccc1Cl. The van der Waals surface area contributed by atoms with Crippen molar-refractivity contribution >= 4 is 23.7 Å². The highest BCUT2D eigenvalue weighted by Crippen LogP contribution is 2.20. The Hall–Kier alpha value is -2.41. The lowest BCUT2D eigenvalue weighted by Gasteiger charge is -2.25. The molecule has 6 nitrogen and oxygen atoms in total. The largest absolute Gasteiger partial charge is 0.488 e. The summed E-state index contributed by atoms with van der Waals surface area (Å²) in [7, 11) is 0. The number of hydrogen-bond donors (Lipinski definition) is 1. The summed E-state index contributed by atoms with van der Waals surface area (Å²) in [6.07, 6.45) is 1.58. The smallest absolute Gasteiger partial charge is 0.254 e. The van der Waals surface area contributed by atoms with Crippen molar-refractivity contribution < 1.29 is 14.3 Å². The first-order valence-corrected chi connectivity index (χ1v) is 9.17. The molecule has 1 saturated heterocycles. The van der Waals surface area contributed by atoms with Gasteiger partial charge in [0, 0.05) is 29.2 Å². The van der Waals surface area contributed by atoms with E-state index in [4.69, 9.17) is 21.1 Å². The van der Waals surface area contributed by atoms with Crippen molar-refractivity contribution in [1.82, 2.24) is 10.3 Å². The van der Waals surface area contributed by atoms with Crippen molar-refractivity contribution in [3.63, 3.8) is 0 Å². The first kappa shape index (κ1) is 19.4. The number of nitrogens with zero attached hydrogens (tertiary/aromatic N) is 2. The van der Waals surface area contributed by atoms with Gasteiger partial charge in [-0.1, -0.05) is 41.9 Å². The number of amides is 1. The molecule has 0 bridgehead atoms. The quantitative estimate of drug-likeness (QED) is 0.586. The Balaban J connectivity index is 1.54. The van der Waals surface area contributed by atoms with Gasteiger partial charge in [-0.05, 0) is 18.2 Å². The van der Waals surface area contributed by atoms with Gasteiger partial charge in [-0.15, -0.1) is 0 Å². The van der Waals surface area contributed by atoms with Gasteiger partial charge in [0.05, 0.1) is 26.0 Å². The maximum atomic E-state index is 12.0. The third-order valence-corrected chi connectivity index (χ3v) is 4.49. The van der Waals surface area contributed by atoms with Gasteiger partial charge in [0.15, 0.2) is 0 Å². The van der Waals surface area contributed by atoms with Gasteiger partial charge in [0.25, 0.3) is 5.91 Å². The average Bonchev–Trinajstić information content (AvgIpc) is 2.69. The zero-order valence-corrected chi connectivity index (χ0v) is 15.7. The molecule has 3 rings (SSSR count). The molecule has 1 N–H and O–H groups in total. The van der Waals surface area contributed by atoms with E-state index in [1.54, 1.807) is 6.21 Å². The van der Waals surface area contributed by atoms with Crippen molar-refractivity contribution in [2.45, 2.75) is 6.61 Å². The van der Waals surface area contributed by atoms with Crippen LogP contribution in [0, 0.1) is 0 Å². The van der Waals surface area contributed by atoms with E-state index in [-0.39, 0.29) is 5.91 Å². The van der Waals surface area contributed by atoms with Crippen molar-refractivity contribution in [3.05, 3.63) is 64.7 Å². The number of carbonyl (C=O) groups is 1. The van der Waals surface area contributed by atoms with Gasteiger partial charge < -0.3 is 9.47 Å². The normalized spacial score (nSPS) is 15.0. The van der Waals surface area contributed by atoms with Crippen molar-refractivity contribution in [1.29, 1.82) is 0 Å². The molecule has 0 radical (unpaired) electrons. The van der Waals surface area contributed by atoms with Gasteiger partial charge in [-0.25, -0.2) is 5.43 Å². The molecule has 0 spiro atoms. The minimum Gasteiger partial charge on any atom is -0.488 e. The second-order valence-electron chi connectivity index (χ2n) is 6.10. The summed E-state index contributed by atoms with van der Waals surface area (Å²) >= 11 is 6.16. The van der Waals surface area contributed by atoms with Crippen LogP contribution in [0.4, 0.5) is 0 Å². The molecule has 0 aromatic heterocycles. The van der Waals surface area contributed by atoms with E-state index < -0.39 is 0 Å². The second-order valence-corrected chi connectivity index (χ2v) is 6.51. The molecule has 0 saturated carbocycles. The molecule has 0 atom stereocenters. The van der Waals surface area contributed by atoms with E-state index in [9.17, 15) is 4.79 Å². The average molecular weight is 388 g/mol. The molecule has 2 aromatic carbocycles. The Morgan fingerprint density at radius 3 is 2.74 bits per heavy atom. The van der Waals surface area contributed by atoms with E-state index in [2.05, 4.69) is 10.5 Å². The number of hydrazone groups is 1. The number of para-hydroxylation sites is 1. The van der Waals surface area contributed by atoms with E-state index in [0.29, 0.717) is 37.1 Å². The number of nitrogens with one attached hydrogen (secondary N) is 1. The van der Waals surface area contributed by atoms with Gasteiger partial charge in [-0.2, -0.15) is 5.10 Å². The molecule has 0 unspecified atom stereocenters. The summed E-state index contributed by atoms with van der Waals surface area (Å²) in [6, 6.07) is 15.1. The highest BCUT2D eigenvalue weighted by molar-refractivity contribution is 6.31. The number of halogens is 1. The maximum absolute atomic E-state index is 12.0. The maximum Gasteiger partial charge on any atom is 0.254 e. The van der Waals surface area contributed by atoms with E-state index in [1.807, 2.05) is 53.4 Å². The summed E-state index contributed by atoms with van der Waals surface area (Å²) in [6.45, 7) is 3.50. The van der Waals surface area contributed by atoms with Crippen LogP contribution < -0.4 is 10.2 Å². The minimum absolute atomic E-state index is 0.150. The lowest BCUT2D eigenvalue weighted by atomic mass is 10.2. The molecule has 1 aliphatic rings. The van der Waals surface area contributed by atoms with Crippen LogP contribution in [0.3, 0.4) is 0 Å². The highest BCUT2D eigenvalue weighted by Gasteiger charge is 2.13. The first-order chi connectivity index (χ1) is 13.2. The number of rotatable bonds is 7. The van der Waals surface area contributed by atoms with Gasteiger partial charge in [0.1, 0.15) is 12.4 Å². The summed E-state index contributed by atoms with van der Waals surface area (Å²) in [5.41, 5.74) is 4.24. The molecular weight excluding hydrogens is 366 g/mol. The van der Waals surface area contributed by atoms with Crippen LogP contribution in [0.1, 0.15) is 11.1 Å². The molecule has 1 aliphatic heterocycles. The predicted octanol–water partition coefficient (Wildman–Crippen LogP) is 2.70. The Labute approximate surface area is 163 Å². The summed E-state index contributed by atoms with van der Waals surface area (Å²) in [5, 5.41) is 4.72. The number of ether oxygens (including phenoxy) is 2. The second kappa shape index (κ2) is 10.1. The molecule has 2 aromatic rings. The number of benzene rings is 2. The van der Waals surface area contributed by atoms with Crippen LogP contribution >= 0.6 is 11.6 Å². The lowest BCUT2D eigenvalue weighted by Crippen LogP contribution is -2.42. The Kier molecular flexibility index (Phi) is 7.21. The number of morpholine rings is 1. The third-order valence-electron chi connectivity index (χ3n) is 4.12. The predicted molar refractivity (Wildman–Crippen MR) is 105 cm³/mol. The molecule has 0 aliphatic carbocycles. The topological polar surface area (TPSA) is 63.2 Å². The van der Waals surface area contributed by atoms with Crippen LogP contribution in [0.2, 0.25) is 5.02 Å². The Bertz CT molecular complexity index is 792. The molecule has 27 heavy (non-hydrogen) atoms. The lowest BCUT2D eigenvalue weighted by molar-refractivity contribution is -0.123. The number of carbonyl (C=O) groups excluding carboxylic acids is 1. The van der Waals surface area contributed by atoms with Crippen LogP contribution in [-0.4, -0.2) is 49.9 Å². The molecular formula is C20H22ClN3O3. The van der Waals surface area contributed by atoms with E-state index in [0.717, 1.165) is 24.2 Å². The van der Waals surface area contributed by atoms with Gasteiger partial charge in [-0.3, -0.25) is 9.69 Å². The molecule has 1 fully saturated rings.